The van der Waals surface area contributed by atoms with Crippen LogP contribution in [0.25, 0.3) is 5.69 Å². The predicted octanol–water partition coefficient (Wildman–Crippen LogP) is 1.23. The van der Waals surface area contributed by atoms with E-state index in [-0.39, 0.29) is 5.69 Å². The second-order valence-electron chi connectivity index (χ2n) is 3.14. The zero-order valence-electron chi connectivity index (χ0n) is 7.97. The Balaban J connectivity index is 2.47. The molecule has 1 aromatic heterocycles. The first-order valence-corrected chi connectivity index (χ1v) is 4.53. The molecule has 0 aliphatic heterocycles. The molecule has 0 amide bonds. The Labute approximate surface area is 86.4 Å². The van der Waals surface area contributed by atoms with Crippen molar-refractivity contribution in [2.24, 2.45) is 0 Å². The number of nitrogens with one attached hydrogen (secondary N) is 1. The van der Waals surface area contributed by atoms with Crippen LogP contribution >= 0.6 is 0 Å². The molecule has 0 saturated heterocycles. The molecule has 0 aliphatic rings. The van der Waals surface area contributed by atoms with Crippen molar-refractivity contribution in [3.8, 4) is 11.8 Å². The highest BCUT2D eigenvalue weighted by atomic mass is 16.1. The summed E-state index contributed by atoms with van der Waals surface area (Å²) < 4.78 is 1.50. The Morgan fingerprint density at radius 2 is 2.33 bits per heavy atom. The average molecular weight is 199 g/mol. The lowest BCUT2D eigenvalue weighted by atomic mass is 10.1. The molecular weight excluding hydrogens is 190 g/mol. The number of hydrogen-bond donors (Lipinski definition) is 1. The Kier molecular flexibility index (Phi) is 2.38. The van der Waals surface area contributed by atoms with E-state index in [1.807, 2.05) is 24.3 Å². The van der Waals surface area contributed by atoms with E-state index in [4.69, 9.17) is 5.26 Å². The highest BCUT2D eigenvalue weighted by Gasteiger charge is 2.00. The van der Waals surface area contributed by atoms with Crippen LogP contribution in [0.4, 0.5) is 0 Å². The van der Waals surface area contributed by atoms with Gasteiger partial charge in [0.05, 0.1) is 18.2 Å². The molecule has 1 aromatic carbocycles. The molecule has 0 spiro atoms. The zero-order valence-corrected chi connectivity index (χ0v) is 7.97. The van der Waals surface area contributed by atoms with Crippen LogP contribution < -0.4 is 5.69 Å². The quantitative estimate of drug-likeness (QED) is 0.790. The number of aromatic amines is 1. The minimum Gasteiger partial charge on any atom is -0.312 e. The van der Waals surface area contributed by atoms with E-state index in [1.165, 1.54) is 4.57 Å². The Morgan fingerprint density at radius 1 is 1.47 bits per heavy atom. The molecule has 0 aliphatic carbocycles. The molecule has 74 valence electrons. The lowest BCUT2D eigenvalue weighted by molar-refractivity contribution is 0.983. The van der Waals surface area contributed by atoms with Crippen molar-refractivity contribution in [3.63, 3.8) is 0 Å². The maximum atomic E-state index is 11.3. The molecule has 0 fully saturated rings. The summed E-state index contributed by atoms with van der Waals surface area (Å²) in [5.74, 6) is 0. The van der Waals surface area contributed by atoms with Crippen molar-refractivity contribution in [1.29, 1.82) is 5.26 Å². The van der Waals surface area contributed by atoms with Crippen molar-refractivity contribution < 1.29 is 0 Å². The van der Waals surface area contributed by atoms with Gasteiger partial charge in [-0.3, -0.25) is 4.57 Å². The summed E-state index contributed by atoms with van der Waals surface area (Å²) in [6, 6.07) is 9.44. The van der Waals surface area contributed by atoms with Gasteiger partial charge in [-0.1, -0.05) is 12.1 Å². The third kappa shape index (κ3) is 1.81. The summed E-state index contributed by atoms with van der Waals surface area (Å²) in [7, 11) is 0. The Bertz CT molecular complexity index is 559. The van der Waals surface area contributed by atoms with Crippen LogP contribution in [0.1, 0.15) is 5.56 Å². The lowest BCUT2D eigenvalue weighted by Gasteiger charge is -2.02. The molecule has 0 atom stereocenters. The summed E-state index contributed by atoms with van der Waals surface area (Å²) >= 11 is 0. The van der Waals surface area contributed by atoms with Crippen LogP contribution in [0.2, 0.25) is 0 Å². The molecule has 0 radical (unpaired) electrons. The van der Waals surface area contributed by atoms with Crippen molar-refractivity contribution in [2.75, 3.05) is 0 Å². The molecular formula is C11H9N3O. The third-order valence-corrected chi connectivity index (χ3v) is 2.12. The van der Waals surface area contributed by atoms with Gasteiger partial charge in [-0.15, -0.1) is 0 Å². The highest BCUT2D eigenvalue weighted by Crippen LogP contribution is 2.08. The van der Waals surface area contributed by atoms with Gasteiger partial charge in [-0.05, 0) is 17.7 Å². The second-order valence-corrected chi connectivity index (χ2v) is 3.14. The van der Waals surface area contributed by atoms with Crippen molar-refractivity contribution in [2.45, 2.75) is 6.42 Å². The number of hydrogen-bond acceptors (Lipinski definition) is 2. The highest BCUT2D eigenvalue weighted by molar-refractivity contribution is 5.36. The molecule has 2 aromatic rings. The summed E-state index contributed by atoms with van der Waals surface area (Å²) in [5.41, 5.74) is 1.50. The number of nitriles is 1. The van der Waals surface area contributed by atoms with Gasteiger partial charge in [0.1, 0.15) is 0 Å². The first-order chi connectivity index (χ1) is 7.31. The van der Waals surface area contributed by atoms with Crippen LogP contribution in [0.3, 0.4) is 0 Å². The number of benzene rings is 1. The molecule has 4 heteroatoms. The standard InChI is InChI=1S/C11H9N3O/c12-5-4-9-2-1-3-10(8-9)14-7-6-13-11(14)15/h1-3,6-8H,4H2,(H,13,15). The largest absolute Gasteiger partial charge is 0.330 e. The number of H-pyrrole nitrogens is 1. The molecule has 4 nitrogen and oxygen atoms in total. The van der Waals surface area contributed by atoms with E-state index >= 15 is 0 Å². The van der Waals surface area contributed by atoms with Gasteiger partial charge in [0.2, 0.25) is 0 Å². The molecule has 2 rings (SSSR count). The Hall–Kier alpha value is -2.28. The second kappa shape index (κ2) is 3.84. The van der Waals surface area contributed by atoms with Crippen LogP contribution in [0.15, 0.2) is 41.5 Å². The fraction of sp³-hybridized carbons (Fsp3) is 0.0909. The minimum absolute atomic E-state index is 0.177. The number of imidazole rings is 1. The fourth-order valence-corrected chi connectivity index (χ4v) is 1.43. The monoisotopic (exact) mass is 199 g/mol. The van der Waals surface area contributed by atoms with Gasteiger partial charge < -0.3 is 4.98 Å². The van der Waals surface area contributed by atoms with Crippen LogP contribution in [0, 0.1) is 11.3 Å². The van der Waals surface area contributed by atoms with Gasteiger partial charge in [0.25, 0.3) is 0 Å². The normalized spacial score (nSPS) is 9.80. The molecule has 0 saturated carbocycles. The van der Waals surface area contributed by atoms with E-state index in [1.54, 1.807) is 12.4 Å². The van der Waals surface area contributed by atoms with Gasteiger partial charge in [-0.25, -0.2) is 4.79 Å². The third-order valence-electron chi connectivity index (χ3n) is 2.12. The number of nitrogens with zero attached hydrogens (tertiary/aromatic N) is 2. The van der Waals surface area contributed by atoms with Crippen LogP contribution in [-0.4, -0.2) is 9.55 Å². The number of rotatable bonds is 2. The first-order valence-electron chi connectivity index (χ1n) is 4.53. The maximum absolute atomic E-state index is 11.3. The van der Waals surface area contributed by atoms with E-state index in [2.05, 4.69) is 11.1 Å². The van der Waals surface area contributed by atoms with Crippen LogP contribution in [0.5, 0.6) is 0 Å². The van der Waals surface area contributed by atoms with Gasteiger partial charge in [-0.2, -0.15) is 5.26 Å². The maximum Gasteiger partial charge on any atom is 0.330 e. The SMILES string of the molecule is N#CCc1cccc(-n2cc[nH]c2=O)c1. The summed E-state index contributed by atoms with van der Waals surface area (Å²) in [5, 5.41) is 8.57. The van der Waals surface area contributed by atoms with Gasteiger partial charge in [0, 0.05) is 12.4 Å². The molecule has 1 N–H and O–H groups in total. The smallest absolute Gasteiger partial charge is 0.312 e. The lowest BCUT2D eigenvalue weighted by Crippen LogP contribution is -2.13. The van der Waals surface area contributed by atoms with E-state index in [9.17, 15) is 4.79 Å². The van der Waals surface area contributed by atoms with Crippen molar-refractivity contribution in [1.82, 2.24) is 9.55 Å². The van der Waals surface area contributed by atoms with Crippen LogP contribution in [-0.2, 0) is 6.42 Å². The fourth-order valence-electron chi connectivity index (χ4n) is 1.43. The molecule has 15 heavy (non-hydrogen) atoms. The predicted molar refractivity (Wildman–Crippen MR) is 55.7 cm³/mol. The minimum atomic E-state index is -0.177. The van der Waals surface area contributed by atoms with E-state index < -0.39 is 0 Å². The summed E-state index contributed by atoms with van der Waals surface area (Å²) in [6.45, 7) is 0. The summed E-state index contributed by atoms with van der Waals surface area (Å²) in [4.78, 5) is 13.9. The van der Waals surface area contributed by atoms with E-state index in [0.29, 0.717) is 6.42 Å². The molecule has 0 unspecified atom stereocenters. The first kappa shape index (κ1) is 9.28. The average Bonchev–Trinajstić information content (AvgIpc) is 2.65. The van der Waals surface area contributed by atoms with Gasteiger partial charge in [0.15, 0.2) is 0 Å². The molecule has 1 heterocycles. The van der Waals surface area contributed by atoms with E-state index in [0.717, 1.165) is 11.3 Å². The van der Waals surface area contributed by atoms with Crippen molar-refractivity contribution in [3.05, 3.63) is 52.7 Å². The zero-order chi connectivity index (χ0) is 10.7. The summed E-state index contributed by atoms with van der Waals surface area (Å²) in [6.07, 6.45) is 3.60. The van der Waals surface area contributed by atoms with Gasteiger partial charge >= 0.3 is 5.69 Å². The Morgan fingerprint density at radius 3 is 3.00 bits per heavy atom. The number of aromatic nitrogens is 2. The van der Waals surface area contributed by atoms with Crippen molar-refractivity contribution >= 4 is 0 Å². The molecule has 0 bridgehead atoms. The topological polar surface area (TPSA) is 61.6 Å².